The summed E-state index contributed by atoms with van der Waals surface area (Å²) in [7, 11) is 0. The van der Waals surface area contributed by atoms with E-state index in [-0.39, 0.29) is 58.6 Å². The summed E-state index contributed by atoms with van der Waals surface area (Å²) in [5.41, 5.74) is 2.90. The molecule has 0 bridgehead atoms. The molecule has 2 aromatic carbocycles. The summed E-state index contributed by atoms with van der Waals surface area (Å²) in [6, 6.07) is 7.71. The minimum atomic E-state index is -4.55. The second-order valence-corrected chi connectivity index (χ2v) is 10.3. The highest BCUT2D eigenvalue weighted by atomic mass is 19.4. The molecule has 0 fully saturated rings. The Morgan fingerprint density at radius 1 is 0.953 bits per heavy atom. The van der Waals surface area contributed by atoms with E-state index in [0.717, 1.165) is 33.7 Å². The topological polar surface area (TPSA) is 66.5 Å². The minimum absolute atomic E-state index is 0.00779. The first kappa shape index (κ1) is 32.8. The number of benzene rings is 2. The average Bonchev–Trinajstić information content (AvgIpc) is 3.30. The molecule has 1 heterocycles. The maximum atomic E-state index is 15.6. The maximum Gasteiger partial charge on any atom is 0.401 e. The molecule has 0 aromatic heterocycles. The van der Waals surface area contributed by atoms with E-state index in [2.05, 4.69) is 0 Å². The lowest BCUT2D eigenvalue weighted by Gasteiger charge is -2.42. The van der Waals surface area contributed by atoms with Crippen molar-refractivity contribution in [3.8, 4) is 5.75 Å². The standard InChI is InChI=1S/C31H36F5NO6/c1-3-42-28(38)18-41-11-10-39-8-9-40-12-13-43-22-16-26(32)29(27(33)17-22)30-25-15-21-6-4-5-7-23(21)24(25)14-20(2)37(30)19-31(34,35)36/h4-7,16-17,20,30H,3,8-15,18-19H2,1-2H3/t20-,30+/m1/s1. The van der Waals surface area contributed by atoms with Crippen LogP contribution in [0.4, 0.5) is 22.0 Å². The lowest BCUT2D eigenvalue weighted by molar-refractivity contribution is -0.155. The predicted molar refractivity (Wildman–Crippen MR) is 148 cm³/mol. The third-order valence-electron chi connectivity index (χ3n) is 7.29. The van der Waals surface area contributed by atoms with Crippen LogP contribution in [-0.4, -0.2) is 82.5 Å². The molecule has 1 aliphatic carbocycles. The molecule has 236 valence electrons. The molecule has 0 saturated carbocycles. The molecule has 12 heteroatoms. The number of fused-ring (bicyclic) bond motifs is 2. The number of carbonyl (C=O) groups excluding carboxylic acids is 1. The highest BCUT2D eigenvalue weighted by molar-refractivity contribution is 5.79. The van der Waals surface area contributed by atoms with Crippen molar-refractivity contribution >= 4 is 11.5 Å². The molecule has 0 unspecified atom stereocenters. The molecule has 1 aliphatic heterocycles. The van der Waals surface area contributed by atoms with Crippen molar-refractivity contribution in [2.75, 3.05) is 59.4 Å². The highest BCUT2D eigenvalue weighted by Gasteiger charge is 2.45. The van der Waals surface area contributed by atoms with E-state index in [1.807, 2.05) is 24.3 Å². The summed E-state index contributed by atoms with van der Waals surface area (Å²) in [6.07, 6.45) is -3.86. The number of hydrogen-bond acceptors (Lipinski definition) is 7. The Hall–Kier alpha value is -3.06. The Bertz CT molecular complexity index is 1260. The third-order valence-corrected chi connectivity index (χ3v) is 7.29. The second-order valence-electron chi connectivity index (χ2n) is 10.3. The van der Waals surface area contributed by atoms with Crippen LogP contribution in [0.5, 0.6) is 5.75 Å². The number of hydrogen-bond donors (Lipinski definition) is 0. The van der Waals surface area contributed by atoms with Gasteiger partial charge in [-0.3, -0.25) is 4.90 Å². The number of nitrogens with zero attached hydrogens (tertiary/aromatic N) is 1. The molecular weight excluding hydrogens is 577 g/mol. The van der Waals surface area contributed by atoms with Crippen molar-refractivity contribution < 1.29 is 50.4 Å². The van der Waals surface area contributed by atoms with Gasteiger partial charge in [-0.25, -0.2) is 13.6 Å². The van der Waals surface area contributed by atoms with Gasteiger partial charge in [0.25, 0.3) is 0 Å². The number of carbonyl (C=O) groups is 1. The van der Waals surface area contributed by atoms with E-state index in [1.165, 1.54) is 0 Å². The zero-order valence-corrected chi connectivity index (χ0v) is 24.2. The Balaban J connectivity index is 1.33. The van der Waals surface area contributed by atoms with Gasteiger partial charge in [0.2, 0.25) is 0 Å². The molecule has 2 atom stereocenters. The smallest absolute Gasteiger partial charge is 0.401 e. The largest absolute Gasteiger partial charge is 0.491 e. The van der Waals surface area contributed by atoms with Crippen molar-refractivity contribution in [3.05, 3.63) is 70.3 Å². The third kappa shape index (κ3) is 8.75. The number of ether oxygens (including phenoxy) is 5. The maximum absolute atomic E-state index is 15.6. The monoisotopic (exact) mass is 613 g/mol. The van der Waals surface area contributed by atoms with Crippen LogP contribution >= 0.6 is 0 Å². The first-order valence-corrected chi connectivity index (χ1v) is 14.2. The van der Waals surface area contributed by atoms with Crippen LogP contribution in [0, 0.1) is 11.6 Å². The molecule has 7 nitrogen and oxygen atoms in total. The fourth-order valence-corrected chi connectivity index (χ4v) is 5.54. The van der Waals surface area contributed by atoms with Gasteiger partial charge in [0, 0.05) is 23.7 Å². The minimum Gasteiger partial charge on any atom is -0.491 e. The zero-order valence-electron chi connectivity index (χ0n) is 24.2. The Kier molecular flexibility index (Phi) is 11.5. The normalized spacial score (nSPS) is 18.5. The molecule has 0 saturated heterocycles. The molecule has 0 spiro atoms. The summed E-state index contributed by atoms with van der Waals surface area (Å²) in [5, 5.41) is 0. The van der Waals surface area contributed by atoms with Gasteiger partial charge in [-0.05, 0) is 49.0 Å². The van der Waals surface area contributed by atoms with Crippen molar-refractivity contribution in [3.63, 3.8) is 0 Å². The summed E-state index contributed by atoms with van der Waals surface area (Å²) in [6.45, 7) is 3.29. The van der Waals surface area contributed by atoms with Gasteiger partial charge in [0.15, 0.2) is 0 Å². The molecule has 0 amide bonds. The van der Waals surface area contributed by atoms with Gasteiger partial charge < -0.3 is 23.7 Å². The van der Waals surface area contributed by atoms with Crippen LogP contribution in [0.3, 0.4) is 0 Å². The van der Waals surface area contributed by atoms with E-state index < -0.39 is 48.0 Å². The van der Waals surface area contributed by atoms with Gasteiger partial charge in [-0.15, -0.1) is 0 Å². The first-order chi connectivity index (χ1) is 20.6. The van der Waals surface area contributed by atoms with Gasteiger partial charge in [-0.1, -0.05) is 24.3 Å². The predicted octanol–water partition coefficient (Wildman–Crippen LogP) is 5.66. The van der Waals surface area contributed by atoms with E-state index in [9.17, 15) is 18.0 Å². The summed E-state index contributed by atoms with van der Waals surface area (Å²) in [4.78, 5) is 12.3. The average molecular weight is 614 g/mol. The summed E-state index contributed by atoms with van der Waals surface area (Å²) in [5.74, 6) is -2.47. The van der Waals surface area contributed by atoms with E-state index in [4.69, 9.17) is 23.7 Å². The van der Waals surface area contributed by atoms with Gasteiger partial charge in [0.1, 0.15) is 30.6 Å². The summed E-state index contributed by atoms with van der Waals surface area (Å²) >= 11 is 0. The Morgan fingerprint density at radius 3 is 2.23 bits per heavy atom. The quantitative estimate of drug-likeness (QED) is 0.146. The van der Waals surface area contributed by atoms with Crippen molar-refractivity contribution in [1.82, 2.24) is 4.90 Å². The zero-order chi connectivity index (χ0) is 31.0. The highest BCUT2D eigenvalue weighted by Crippen LogP contribution is 2.50. The summed E-state index contributed by atoms with van der Waals surface area (Å²) < 4.78 is 98.1. The Labute approximate surface area is 247 Å². The van der Waals surface area contributed by atoms with Gasteiger partial charge >= 0.3 is 12.1 Å². The van der Waals surface area contributed by atoms with E-state index >= 15 is 8.78 Å². The van der Waals surface area contributed by atoms with Crippen LogP contribution in [-0.2, 0) is 30.2 Å². The van der Waals surface area contributed by atoms with Crippen molar-refractivity contribution in [1.29, 1.82) is 0 Å². The lowest BCUT2D eigenvalue weighted by atomic mass is 9.84. The Morgan fingerprint density at radius 2 is 1.58 bits per heavy atom. The van der Waals surface area contributed by atoms with E-state index in [1.54, 1.807) is 13.8 Å². The number of alkyl halides is 3. The lowest BCUT2D eigenvalue weighted by Crippen LogP contribution is -2.46. The number of esters is 1. The fourth-order valence-electron chi connectivity index (χ4n) is 5.54. The fraction of sp³-hybridized carbons (Fsp3) is 0.516. The number of halogens is 5. The molecule has 2 aromatic rings. The molecule has 0 N–H and O–H groups in total. The molecule has 2 aliphatic rings. The first-order valence-electron chi connectivity index (χ1n) is 14.2. The molecular formula is C31H36F5NO6. The van der Waals surface area contributed by atoms with Crippen LogP contribution in [0.15, 0.2) is 42.0 Å². The second kappa shape index (κ2) is 15.1. The van der Waals surface area contributed by atoms with Crippen LogP contribution in [0.2, 0.25) is 0 Å². The van der Waals surface area contributed by atoms with Crippen LogP contribution in [0.25, 0.3) is 5.57 Å². The van der Waals surface area contributed by atoms with Crippen LogP contribution in [0.1, 0.15) is 43.0 Å². The van der Waals surface area contributed by atoms with Crippen molar-refractivity contribution in [2.45, 2.75) is 44.9 Å². The molecule has 0 radical (unpaired) electrons. The number of rotatable bonds is 15. The van der Waals surface area contributed by atoms with Gasteiger partial charge in [-0.2, -0.15) is 13.2 Å². The molecule has 43 heavy (non-hydrogen) atoms. The van der Waals surface area contributed by atoms with Crippen molar-refractivity contribution in [2.24, 2.45) is 0 Å². The molecule has 4 rings (SSSR count). The van der Waals surface area contributed by atoms with Gasteiger partial charge in [0.05, 0.1) is 52.2 Å². The van der Waals surface area contributed by atoms with E-state index in [0.29, 0.717) is 18.4 Å². The van der Waals surface area contributed by atoms with Crippen LogP contribution < -0.4 is 4.74 Å². The SMILES string of the molecule is CCOC(=O)COCCOCCOCCOc1cc(F)c([C@@H]2C3=C(C[C@@H](C)N2CC(F)(F)F)c2ccccc2C3)c(F)c1.